The van der Waals surface area contributed by atoms with Crippen molar-refractivity contribution in [2.45, 2.75) is 13.3 Å². The van der Waals surface area contributed by atoms with E-state index in [2.05, 4.69) is 17.0 Å². The van der Waals surface area contributed by atoms with Crippen molar-refractivity contribution in [2.75, 3.05) is 24.6 Å². The fourth-order valence-electron chi connectivity index (χ4n) is 2.32. The highest BCUT2D eigenvalue weighted by Crippen LogP contribution is 2.27. The lowest BCUT2D eigenvalue weighted by atomic mass is 10.1. The number of thiocarbonyl (C=S) groups is 1. The predicted molar refractivity (Wildman–Crippen MR) is 74.5 cm³/mol. The Morgan fingerprint density at radius 3 is 2.94 bits per heavy atom. The molecule has 1 saturated heterocycles. The zero-order valence-corrected chi connectivity index (χ0v) is 10.8. The molecule has 4 heteroatoms. The number of anilines is 1. The zero-order chi connectivity index (χ0) is 12.4. The molecular formula is C13H18N2OS. The SMILES string of the molecule is Cc1ccc(N2CCC(CO)C2)c(C(N)=S)c1. The highest BCUT2D eigenvalue weighted by Gasteiger charge is 2.23. The molecular weight excluding hydrogens is 232 g/mol. The first-order chi connectivity index (χ1) is 8.11. The van der Waals surface area contributed by atoms with Gasteiger partial charge in [-0.3, -0.25) is 0 Å². The Bertz CT molecular complexity index is 433. The first kappa shape index (κ1) is 12.3. The number of aliphatic hydroxyl groups is 1. The van der Waals surface area contributed by atoms with Gasteiger partial charge in [0.2, 0.25) is 0 Å². The summed E-state index contributed by atoms with van der Waals surface area (Å²) in [4.78, 5) is 2.70. The van der Waals surface area contributed by atoms with Gasteiger partial charge in [-0.25, -0.2) is 0 Å². The summed E-state index contributed by atoms with van der Waals surface area (Å²) in [5, 5.41) is 9.18. The average molecular weight is 250 g/mol. The van der Waals surface area contributed by atoms with Crippen LogP contribution in [0.15, 0.2) is 18.2 Å². The molecule has 0 bridgehead atoms. The Kier molecular flexibility index (Phi) is 3.64. The highest BCUT2D eigenvalue weighted by atomic mass is 32.1. The third kappa shape index (κ3) is 2.58. The normalized spacial score (nSPS) is 19.6. The number of aryl methyl sites for hydroxylation is 1. The van der Waals surface area contributed by atoms with Gasteiger partial charge in [-0.2, -0.15) is 0 Å². The van der Waals surface area contributed by atoms with E-state index in [1.54, 1.807) is 0 Å². The number of benzene rings is 1. The van der Waals surface area contributed by atoms with E-state index in [0.717, 1.165) is 36.3 Å². The molecule has 0 amide bonds. The van der Waals surface area contributed by atoms with E-state index in [-0.39, 0.29) is 6.61 Å². The van der Waals surface area contributed by atoms with Crippen LogP contribution in [0.2, 0.25) is 0 Å². The van der Waals surface area contributed by atoms with E-state index in [1.165, 1.54) is 0 Å². The van der Waals surface area contributed by atoms with Crippen LogP contribution >= 0.6 is 12.2 Å². The van der Waals surface area contributed by atoms with Crippen LogP contribution in [0.5, 0.6) is 0 Å². The van der Waals surface area contributed by atoms with Gasteiger partial charge >= 0.3 is 0 Å². The fourth-order valence-corrected chi connectivity index (χ4v) is 2.49. The van der Waals surface area contributed by atoms with Crippen molar-refractivity contribution in [1.82, 2.24) is 0 Å². The lowest BCUT2D eigenvalue weighted by molar-refractivity contribution is 0.238. The topological polar surface area (TPSA) is 49.5 Å². The van der Waals surface area contributed by atoms with Crippen molar-refractivity contribution in [3.63, 3.8) is 0 Å². The Hall–Kier alpha value is -1.13. The Morgan fingerprint density at radius 2 is 2.35 bits per heavy atom. The first-order valence-corrected chi connectivity index (χ1v) is 6.29. The first-order valence-electron chi connectivity index (χ1n) is 5.88. The molecule has 0 spiro atoms. The van der Waals surface area contributed by atoms with Crippen LogP contribution in [0.1, 0.15) is 17.5 Å². The summed E-state index contributed by atoms with van der Waals surface area (Å²) < 4.78 is 0. The van der Waals surface area contributed by atoms with Crippen molar-refractivity contribution in [3.8, 4) is 0 Å². The second kappa shape index (κ2) is 5.02. The fraction of sp³-hybridized carbons (Fsp3) is 0.462. The van der Waals surface area contributed by atoms with Gasteiger partial charge < -0.3 is 15.7 Å². The Labute approximate surface area is 107 Å². The summed E-state index contributed by atoms with van der Waals surface area (Å²) in [6.07, 6.45) is 1.03. The van der Waals surface area contributed by atoms with Crippen molar-refractivity contribution in [3.05, 3.63) is 29.3 Å². The molecule has 92 valence electrons. The molecule has 1 aromatic rings. The molecule has 2 rings (SSSR count). The molecule has 1 aliphatic heterocycles. The third-order valence-corrected chi connectivity index (χ3v) is 3.52. The van der Waals surface area contributed by atoms with Gasteiger partial charge in [0.15, 0.2) is 0 Å². The van der Waals surface area contributed by atoms with Gasteiger partial charge in [0.05, 0.1) is 0 Å². The number of rotatable bonds is 3. The standard InChI is InChI=1S/C13H18N2OS/c1-9-2-3-12(11(6-9)13(14)17)15-5-4-10(7-15)8-16/h2-3,6,10,16H,4-5,7-8H2,1H3,(H2,14,17). The number of hydrogen-bond donors (Lipinski definition) is 2. The van der Waals surface area contributed by atoms with Crippen LogP contribution < -0.4 is 10.6 Å². The van der Waals surface area contributed by atoms with E-state index >= 15 is 0 Å². The van der Waals surface area contributed by atoms with Crippen molar-refractivity contribution in [2.24, 2.45) is 11.7 Å². The molecule has 1 unspecified atom stereocenters. The number of nitrogens with two attached hydrogens (primary N) is 1. The van der Waals surface area contributed by atoms with E-state index in [1.807, 2.05) is 13.0 Å². The van der Waals surface area contributed by atoms with Gasteiger partial charge in [-0.15, -0.1) is 0 Å². The number of nitrogens with zero attached hydrogens (tertiary/aromatic N) is 1. The van der Waals surface area contributed by atoms with Crippen LogP contribution in [0.4, 0.5) is 5.69 Å². The molecule has 1 aliphatic rings. The Balaban J connectivity index is 2.29. The molecule has 3 nitrogen and oxygen atoms in total. The van der Waals surface area contributed by atoms with Gasteiger partial charge in [-0.05, 0) is 25.5 Å². The molecule has 0 aromatic heterocycles. The molecule has 1 heterocycles. The summed E-state index contributed by atoms with van der Waals surface area (Å²) in [6.45, 7) is 4.13. The smallest absolute Gasteiger partial charge is 0.106 e. The maximum atomic E-state index is 9.18. The average Bonchev–Trinajstić information content (AvgIpc) is 2.77. The lowest BCUT2D eigenvalue weighted by Gasteiger charge is -2.22. The van der Waals surface area contributed by atoms with Gasteiger partial charge in [0.25, 0.3) is 0 Å². The van der Waals surface area contributed by atoms with Crippen molar-refractivity contribution in [1.29, 1.82) is 0 Å². The summed E-state index contributed by atoms with van der Waals surface area (Å²) >= 11 is 5.10. The van der Waals surface area contributed by atoms with Gasteiger partial charge in [-0.1, -0.05) is 23.8 Å². The second-order valence-corrected chi connectivity index (χ2v) is 5.11. The molecule has 1 fully saturated rings. The molecule has 1 aromatic carbocycles. The van der Waals surface area contributed by atoms with Crippen LogP contribution in [0.25, 0.3) is 0 Å². The summed E-state index contributed by atoms with van der Waals surface area (Å²) in [5.74, 6) is 0.371. The number of hydrogen-bond acceptors (Lipinski definition) is 3. The van der Waals surface area contributed by atoms with E-state index in [0.29, 0.717) is 10.9 Å². The summed E-state index contributed by atoms with van der Waals surface area (Å²) in [7, 11) is 0. The minimum absolute atomic E-state index is 0.255. The summed E-state index contributed by atoms with van der Waals surface area (Å²) in [6, 6.07) is 6.18. The largest absolute Gasteiger partial charge is 0.396 e. The lowest BCUT2D eigenvalue weighted by Crippen LogP contribution is -2.24. The van der Waals surface area contributed by atoms with Crippen molar-refractivity contribution < 1.29 is 5.11 Å². The van der Waals surface area contributed by atoms with E-state index in [4.69, 9.17) is 18.0 Å². The molecule has 0 saturated carbocycles. The van der Waals surface area contributed by atoms with Crippen molar-refractivity contribution >= 4 is 22.9 Å². The maximum Gasteiger partial charge on any atom is 0.106 e. The number of aliphatic hydroxyl groups excluding tert-OH is 1. The third-order valence-electron chi connectivity index (χ3n) is 3.30. The summed E-state index contributed by atoms with van der Waals surface area (Å²) in [5.41, 5.74) is 8.97. The minimum atomic E-state index is 0.255. The monoisotopic (exact) mass is 250 g/mol. The van der Waals surface area contributed by atoms with Crippen LogP contribution in [-0.2, 0) is 0 Å². The van der Waals surface area contributed by atoms with E-state index in [9.17, 15) is 5.11 Å². The predicted octanol–water partition coefficient (Wildman–Crippen LogP) is 1.45. The molecule has 0 aliphatic carbocycles. The molecule has 3 N–H and O–H groups in total. The van der Waals surface area contributed by atoms with E-state index < -0.39 is 0 Å². The van der Waals surface area contributed by atoms with Crippen LogP contribution in [0, 0.1) is 12.8 Å². The molecule has 17 heavy (non-hydrogen) atoms. The van der Waals surface area contributed by atoms with Gasteiger partial charge in [0, 0.05) is 36.9 Å². The highest BCUT2D eigenvalue weighted by molar-refractivity contribution is 7.80. The Morgan fingerprint density at radius 1 is 1.59 bits per heavy atom. The second-order valence-electron chi connectivity index (χ2n) is 4.67. The molecule has 1 atom stereocenters. The molecule has 0 radical (unpaired) electrons. The quantitative estimate of drug-likeness (QED) is 0.797. The maximum absolute atomic E-state index is 9.18. The van der Waals surface area contributed by atoms with Crippen LogP contribution in [0.3, 0.4) is 0 Å². The zero-order valence-electron chi connectivity index (χ0n) is 10.0. The van der Waals surface area contributed by atoms with Gasteiger partial charge in [0.1, 0.15) is 4.99 Å². The minimum Gasteiger partial charge on any atom is -0.396 e. The van der Waals surface area contributed by atoms with Crippen LogP contribution in [-0.4, -0.2) is 29.8 Å².